The summed E-state index contributed by atoms with van der Waals surface area (Å²) in [6.07, 6.45) is 1.23. The van der Waals surface area contributed by atoms with Crippen LogP contribution in [0, 0.1) is 19.8 Å². The number of likely N-dealkylation sites (tertiary alicyclic amines) is 1. The molecule has 3 aromatic rings. The van der Waals surface area contributed by atoms with Crippen molar-refractivity contribution in [2.45, 2.75) is 45.3 Å². The van der Waals surface area contributed by atoms with E-state index >= 15 is 0 Å². The molecule has 7 nitrogen and oxygen atoms in total. The van der Waals surface area contributed by atoms with Crippen molar-refractivity contribution in [3.63, 3.8) is 0 Å². The number of benzene rings is 1. The normalized spacial score (nSPS) is 14.5. The molecule has 34 heavy (non-hydrogen) atoms. The van der Waals surface area contributed by atoms with E-state index in [4.69, 9.17) is 9.72 Å². The molecule has 0 saturated carbocycles. The Morgan fingerprint density at radius 2 is 1.94 bits per heavy atom. The lowest BCUT2D eigenvalue weighted by Gasteiger charge is -2.30. The lowest BCUT2D eigenvalue weighted by molar-refractivity contribution is -0.151. The van der Waals surface area contributed by atoms with Gasteiger partial charge < -0.3 is 9.64 Å². The Morgan fingerprint density at radius 3 is 2.65 bits per heavy atom. The molecule has 3 heterocycles. The molecule has 1 aromatic carbocycles. The van der Waals surface area contributed by atoms with E-state index in [1.54, 1.807) is 16.4 Å². The zero-order valence-electron chi connectivity index (χ0n) is 19.7. The summed E-state index contributed by atoms with van der Waals surface area (Å²) in [5, 5.41) is 2.41. The molecular formula is C25H29N3O4S2. The van der Waals surface area contributed by atoms with Crippen LogP contribution in [0.25, 0.3) is 10.2 Å². The van der Waals surface area contributed by atoms with Gasteiger partial charge in [0.15, 0.2) is 5.16 Å². The molecule has 4 rings (SSSR count). The summed E-state index contributed by atoms with van der Waals surface area (Å²) in [5.41, 5.74) is 3.98. The van der Waals surface area contributed by atoms with Gasteiger partial charge in [-0.15, -0.1) is 11.3 Å². The number of ether oxygens (including phenoxy) is 1. The maximum absolute atomic E-state index is 13.2. The third-order valence-corrected chi connectivity index (χ3v) is 8.09. The zero-order chi connectivity index (χ0) is 24.2. The minimum atomic E-state index is -0.174. The number of hydrogen-bond donors (Lipinski definition) is 0. The summed E-state index contributed by atoms with van der Waals surface area (Å²) < 4.78 is 7.41. The predicted molar refractivity (Wildman–Crippen MR) is 136 cm³/mol. The molecule has 9 heteroatoms. The number of hydrogen-bond acceptors (Lipinski definition) is 7. The Labute approximate surface area is 207 Å². The van der Waals surface area contributed by atoms with Gasteiger partial charge in [0, 0.05) is 13.1 Å². The fraction of sp³-hybridized carbons (Fsp3) is 0.440. The average Bonchev–Trinajstić information content (AvgIpc) is 3.31. The minimum Gasteiger partial charge on any atom is -0.466 e. The molecule has 0 radical (unpaired) electrons. The summed E-state index contributed by atoms with van der Waals surface area (Å²) in [6.45, 7) is 7.77. The van der Waals surface area contributed by atoms with Crippen molar-refractivity contribution < 1.29 is 14.3 Å². The second kappa shape index (κ2) is 10.7. The van der Waals surface area contributed by atoms with Crippen molar-refractivity contribution in [1.82, 2.24) is 14.5 Å². The van der Waals surface area contributed by atoms with Crippen molar-refractivity contribution >= 4 is 45.2 Å². The summed E-state index contributed by atoms with van der Waals surface area (Å²) in [6, 6.07) is 8.02. The average molecular weight is 500 g/mol. The number of fused-ring (bicyclic) bond motifs is 1. The Morgan fingerprint density at radius 1 is 1.18 bits per heavy atom. The lowest BCUT2D eigenvalue weighted by Crippen LogP contribution is -2.41. The quantitative estimate of drug-likeness (QED) is 0.278. The van der Waals surface area contributed by atoms with Crippen LogP contribution in [0.5, 0.6) is 0 Å². The number of thiophene rings is 1. The molecule has 1 saturated heterocycles. The van der Waals surface area contributed by atoms with E-state index in [0.717, 1.165) is 5.56 Å². The van der Waals surface area contributed by atoms with Crippen LogP contribution in [-0.4, -0.2) is 51.8 Å². The van der Waals surface area contributed by atoms with Crippen LogP contribution >= 0.6 is 23.1 Å². The first-order valence-corrected chi connectivity index (χ1v) is 13.3. The van der Waals surface area contributed by atoms with Crippen LogP contribution < -0.4 is 5.56 Å². The highest BCUT2D eigenvalue weighted by molar-refractivity contribution is 7.99. The number of aryl methyl sites for hydroxylation is 2. The summed E-state index contributed by atoms with van der Waals surface area (Å²) >= 11 is 2.68. The molecule has 1 amide bonds. The molecule has 0 unspecified atom stereocenters. The second-order valence-electron chi connectivity index (χ2n) is 8.54. The first-order chi connectivity index (χ1) is 16.4. The van der Waals surface area contributed by atoms with Gasteiger partial charge in [-0.3, -0.25) is 19.0 Å². The first-order valence-electron chi connectivity index (χ1n) is 11.5. The van der Waals surface area contributed by atoms with Crippen LogP contribution in [0.4, 0.5) is 0 Å². The van der Waals surface area contributed by atoms with Gasteiger partial charge in [-0.05, 0) is 61.7 Å². The fourth-order valence-electron chi connectivity index (χ4n) is 4.10. The fourth-order valence-corrected chi connectivity index (χ4v) is 5.78. The van der Waals surface area contributed by atoms with Gasteiger partial charge in [0.2, 0.25) is 5.91 Å². The second-order valence-corrected chi connectivity index (χ2v) is 10.4. The number of aromatic nitrogens is 2. The van der Waals surface area contributed by atoms with Gasteiger partial charge in [0.1, 0.15) is 4.70 Å². The topological polar surface area (TPSA) is 81.5 Å². The Bertz CT molecular complexity index is 1260. The lowest BCUT2D eigenvalue weighted by atomic mass is 9.97. The first kappa shape index (κ1) is 24.5. The number of rotatable bonds is 7. The number of esters is 1. The number of piperidine rings is 1. The molecule has 0 N–H and O–H groups in total. The molecule has 1 fully saturated rings. The van der Waals surface area contributed by atoms with Crippen molar-refractivity contribution in [3.8, 4) is 0 Å². The Balaban J connectivity index is 1.48. The number of nitrogens with zero attached hydrogens (tertiary/aromatic N) is 3. The van der Waals surface area contributed by atoms with Crippen molar-refractivity contribution in [2.24, 2.45) is 5.92 Å². The summed E-state index contributed by atoms with van der Waals surface area (Å²) in [4.78, 5) is 44.6. The molecule has 2 aromatic heterocycles. The van der Waals surface area contributed by atoms with E-state index in [-0.39, 0.29) is 29.1 Å². The van der Waals surface area contributed by atoms with E-state index in [1.807, 2.05) is 17.5 Å². The number of carbonyl (C=O) groups is 2. The van der Waals surface area contributed by atoms with E-state index in [2.05, 4.69) is 26.0 Å². The van der Waals surface area contributed by atoms with Gasteiger partial charge in [0.25, 0.3) is 5.56 Å². The monoisotopic (exact) mass is 499 g/mol. The van der Waals surface area contributed by atoms with Gasteiger partial charge in [0.05, 0.1) is 30.3 Å². The number of amides is 1. The van der Waals surface area contributed by atoms with Gasteiger partial charge in [-0.25, -0.2) is 4.98 Å². The van der Waals surface area contributed by atoms with E-state index < -0.39 is 0 Å². The standard InChI is InChI=1S/C25H29N3O4S2/c1-4-32-24(31)19-7-10-27(11-8-19)21(29)15-34-25-26-20-9-12-33-22(20)23(30)28(25)14-18-6-5-16(2)17(3)13-18/h5-6,9,12-13,19H,4,7-8,10-11,14-15H2,1-3H3. The molecule has 0 aliphatic carbocycles. The number of carbonyl (C=O) groups excluding carboxylic acids is 2. The molecule has 180 valence electrons. The Hall–Kier alpha value is -2.65. The summed E-state index contributed by atoms with van der Waals surface area (Å²) in [5.74, 6) is -0.126. The van der Waals surface area contributed by atoms with E-state index in [0.29, 0.717) is 54.5 Å². The highest BCUT2D eigenvalue weighted by Gasteiger charge is 2.28. The predicted octanol–water partition coefficient (Wildman–Crippen LogP) is 4.02. The van der Waals surface area contributed by atoms with Crippen LogP contribution in [0.1, 0.15) is 36.5 Å². The van der Waals surface area contributed by atoms with Crippen molar-refractivity contribution in [3.05, 3.63) is 56.7 Å². The Kier molecular flexibility index (Phi) is 7.73. The SMILES string of the molecule is CCOC(=O)C1CCN(C(=O)CSc2nc3ccsc3c(=O)n2Cc2ccc(C)c(C)c2)CC1. The highest BCUT2D eigenvalue weighted by Crippen LogP contribution is 2.24. The summed E-state index contributed by atoms with van der Waals surface area (Å²) in [7, 11) is 0. The van der Waals surface area contributed by atoms with Gasteiger partial charge in [-0.2, -0.15) is 0 Å². The zero-order valence-corrected chi connectivity index (χ0v) is 21.3. The van der Waals surface area contributed by atoms with Crippen LogP contribution in [-0.2, 0) is 20.9 Å². The van der Waals surface area contributed by atoms with E-state index in [1.165, 1.54) is 34.2 Å². The molecule has 1 aliphatic heterocycles. The largest absolute Gasteiger partial charge is 0.466 e. The van der Waals surface area contributed by atoms with Crippen LogP contribution in [0.3, 0.4) is 0 Å². The third kappa shape index (κ3) is 5.36. The molecule has 1 aliphatic rings. The molecular weight excluding hydrogens is 470 g/mol. The highest BCUT2D eigenvalue weighted by atomic mass is 32.2. The van der Waals surface area contributed by atoms with E-state index in [9.17, 15) is 14.4 Å². The molecule has 0 bridgehead atoms. The minimum absolute atomic E-state index is 0.00953. The van der Waals surface area contributed by atoms with Crippen molar-refractivity contribution in [1.29, 1.82) is 0 Å². The van der Waals surface area contributed by atoms with Gasteiger partial charge >= 0.3 is 5.97 Å². The van der Waals surface area contributed by atoms with Crippen LogP contribution in [0.2, 0.25) is 0 Å². The van der Waals surface area contributed by atoms with Gasteiger partial charge in [-0.1, -0.05) is 30.0 Å². The molecule has 0 spiro atoms. The molecule has 0 atom stereocenters. The van der Waals surface area contributed by atoms with Crippen molar-refractivity contribution in [2.75, 3.05) is 25.4 Å². The maximum Gasteiger partial charge on any atom is 0.309 e. The van der Waals surface area contributed by atoms with Crippen LogP contribution in [0.15, 0.2) is 39.6 Å². The smallest absolute Gasteiger partial charge is 0.309 e. The maximum atomic E-state index is 13.2. The number of thioether (sulfide) groups is 1. The third-order valence-electron chi connectivity index (χ3n) is 6.24.